The Morgan fingerprint density at radius 2 is 2.21 bits per heavy atom. The Balaban J connectivity index is 1.60. The lowest BCUT2D eigenvalue weighted by molar-refractivity contribution is 0.0117. The Labute approximate surface area is 141 Å². The molecule has 1 aliphatic rings. The molecule has 1 aromatic carbocycles. The number of amides is 1. The molecule has 0 radical (unpaired) electrons. The van der Waals surface area contributed by atoms with Crippen LogP contribution in [0.4, 0.5) is 0 Å². The normalized spacial score (nSPS) is 17.5. The minimum absolute atomic E-state index is 0.120. The second kappa shape index (κ2) is 7.97. The maximum absolute atomic E-state index is 12.4. The molecule has 24 heavy (non-hydrogen) atoms. The SMILES string of the molecule is COc1ccc(-c2[nH]ncc2C(=O)NCCC2CCCCO2)cc1. The number of H-pyrrole nitrogens is 1. The van der Waals surface area contributed by atoms with Gasteiger partial charge in [-0.05, 0) is 49.9 Å². The molecule has 1 unspecified atom stereocenters. The van der Waals surface area contributed by atoms with Crippen LogP contribution >= 0.6 is 0 Å². The van der Waals surface area contributed by atoms with Crippen molar-refractivity contribution in [2.75, 3.05) is 20.3 Å². The summed E-state index contributed by atoms with van der Waals surface area (Å²) in [5, 5.41) is 9.88. The van der Waals surface area contributed by atoms with Crippen molar-refractivity contribution in [3.05, 3.63) is 36.0 Å². The third-order valence-corrected chi connectivity index (χ3v) is 4.29. The number of hydrogen-bond acceptors (Lipinski definition) is 4. The van der Waals surface area contributed by atoms with Crippen LogP contribution < -0.4 is 10.1 Å². The fourth-order valence-electron chi connectivity index (χ4n) is 2.91. The number of hydrogen-bond donors (Lipinski definition) is 2. The topological polar surface area (TPSA) is 76.2 Å². The Bertz CT molecular complexity index is 660. The zero-order valence-electron chi connectivity index (χ0n) is 13.9. The van der Waals surface area contributed by atoms with E-state index in [-0.39, 0.29) is 12.0 Å². The predicted octanol–water partition coefficient (Wildman–Crippen LogP) is 2.77. The second-order valence-electron chi connectivity index (χ2n) is 5.92. The van der Waals surface area contributed by atoms with Crippen LogP contribution in [-0.4, -0.2) is 42.5 Å². The van der Waals surface area contributed by atoms with E-state index in [4.69, 9.17) is 9.47 Å². The van der Waals surface area contributed by atoms with E-state index in [1.165, 1.54) is 6.42 Å². The molecule has 2 aromatic rings. The van der Waals surface area contributed by atoms with Gasteiger partial charge in [-0.1, -0.05) is 0 Å². The molecule has 1 aliphatic heterocycles. The summed E-state index contributed by atoms with van der Waals surface area (Å²) in [5.74, 6) is 0.655. The van der Waals surface area contributed by atoms with Gasteiger partial charge in [-0.25, -0.2) is 0 Å². The fourth-order valence-corrected chi connectivity index (χ4v) is 2.91. The number of methoxy groups -OCH3 is 1. The van der Waals surface area contributed by atoms with Crippen LogP contribution in [0.15, 0.2) is 30.5 Å². The number of nitrogens with one attached hydrogen (secondary N) is 2. The fraction of sp³-hybridized carbons (Fsp3) is 0.444. The molecule has 0 spiro atoms. The van der Waals surface area contributed by atoms with Crippen molar-refractivity contribution in [3.63, 3.8) is 0 Å². The van der Waals surface area contributed by atoms with Crippen molar-refractivity contribution in [2.24, 2.45) is 0 Å². The number of carbonyl (C=O) groups excluding carboxylic acids is 1. The van der Waals surface area contributed by atoms with Gasteiger partial charge >= 0.3 is 0 Å². The Kier molecular flexibility index (Phi) is 5.48. The van der Waals surface area contributed by atoms with Crippen LogP contribution in [-0.2, 0) is 4.74 Å². The van der Waals surface area contributed by atoms with Gasteiger partial charge in [0.25, 0.3) is 5.91 Å². The predicted molar refractivity (Wildman–Crippen MR) is 91.1 cm³/mol. The number of aromatic nitrogens is 2. The molecule has 6 nitrogen and oxygen atoms in total. The molecule has 3 rings (SSSR count). The van der Waals surface area contributed by atoms with E-state index in [2.05, 4.69) is 15.5 Å². The molecule has 1 atom stereocenters. The van der Waals surface area contributed by atoms with Crippen molar-refractivity contribution in [1.29, 1.82) is 0 Å². The largest absolute Gasteiger partial charge is 0.497 e. The van der Waals surface area contributed by atoms with E-state index in [1.807, 2.05) is 24.3 Å². The van der Waals surface area contributed by atoms with Crippen LogP contribution in [0.25, 0.3) is 11.3 Å². The van der Waals surface area contributed by atoms with E-state index in [9.17, 15) is 4.79 Å². The highest BCUT2D eigenvalue weighted by atomic mass is 16.5. The smallest absolute Gasteiger partial charge is 0.255 e. The zero-order chi connectivity index (χ0) is 16.8. The molecule has 1 saturated heterocycles. The maximum Gasteiger partial charge on any atom is 0.255 e. The van der Waals surface area contributed by atoms with Gasteiger partial charge in [-0.2, -0.15) is 5.10 Å². The summed E-state index contributed by atoms with van der Waals surface area (Å²) in [5.41, 5.74) is 2.16. The van der Waals surface area contributed by atoms with Crippen molar-refractivity contribution in [2.45, 2.75) is 31.8 Å². The van der Waals surface area contributed by atoms with Crippen LogP contribution in [0, 0.1) is 0 Å². The average Bonchev–Trinajstić information content (AvgIpc) is 3.12. The summed E-state index contributed by atoms with van der Waals surface area (Å²) in [6.45, 7) is 1.44. The Morgan fingerprint density at radius 1 is 1.38 bits per heavy atom. The Hall–Kier alpha value is -2.34. The highest BCUT2D eigenvalue weighted by molar-refractivity contribution is 5.99. The van der Waals surface area contributed by atoms with Crippen LogP contribution in [0.1, 0.15) is 36.0 Å². The van der Waals surface area contributed by atoms with Crippen LogP contribution in [0.3, 0.4) is 0 Å². The third-order valence-electron chi connectivity index (χ3n) is 4.29. The first-order valence-electron chi connectivity index (χ1n) is 8.35. The van der Waals surface area contributed by atoms with Gasteiger partial charge in [0, 0.05) is 18.7 Å². The lowest BCUT2D eigenvalue weighted by Crippen LogP contribution is -2.29. The molecule has 1 amide bonds. The number of benzene rings is 1. The quantitative estimate of drug-likeness (QED) is 0.854. The van der Waals surface area contributed by atoms with E-state index >= 15 is 0 Å². The summed E-state index contributed by atoms with van der Waals surface area (Å²) in [7, 11) is 1.63. The van der Waals surface area contributed by atoms with Gasteiger partial charge in [0.1, 0.15) is 5.75 Å². The zero-order valence-corrected chi connectivity index (χ0v) is 13.9. The molecule has 2 N–H and O–H groups in total. The Morgan fingerprint density at radius 3 is 2.92 bits per heavy atom. The number of aromatic amines is 1. The molecular formula is C18H23N3O3. The first-order valence-corrected chi connectivity index (χ1v) is 8.35. The molecule has 1 aromatic heterocycles. The molecule has 128 valence electrons. The van der Waals surface area contributed by atoms with E-state index < -0.39 is 0 Å². The van der Waals surface area contributed by atoms with E-state index in [1.54, 1.807) is 13.3 Å². The van der Waals surface area contributed by atoms with Crippen molar-refractivity contribution >= 4 is 5.91 Å². The molecule has 2 heterocycles. The summed E-state index contributed by atoms with van der Waals surface area (Å²) in [4.78, 5) is 12.4. The van der Waals surface area contributed by atoms with Gasteiger partial charge in [0.05, 0.1) is 30.7 Å². The van der Waals surface area contributed by atoms with Gasteiger partial charge < -0.3 is 14.8 Å². The first-order chi connectivity index (χ1) is 11.8. The summed E-state index contributed by atoms with van der Waals surface area (Å²) >= 11 is 0. The number of ether oxygens (including phenoxy) is 2. The standard InChI is InChI=1S/C18H23N3O3/c1-23-14-7-5-13(6-8-14)17-16(12-20-21-17)18(22)19-10-9-15-4-2-3-11-24-15/h5-8,12,15H,2-4,9-11H2,1H3,(H,19,22)(H,20,21). The third kappa shape index (κ3) is 3.94. The lowest BCUT2D eigenvalue weighted by Gasteiger charge is -2.22. The minimum atomic E-state index is -0.120. The van der Waals surface area contributed by atoms with Crippen molar-refractivity contribution < 1.29 is 14.3 Å². The highest BCUT2D eigenvalue weighted by Crippen LogP contribution is 2.23. The highest BCUT2D eigenvalue weighted by Gasteiger charge is 2.17. The number of nitrogens with zero attached hydrogens (tertiary/aromatic N) is 1. The molecule has 0 aliphatic carbocycles. The number of carbonyl (C=O) groups is 1. The van der Waals surface area contributed by atoms with Gasteiger partial charge in [0.2, 0.25) is 0 Å². The molecule has 0 saturated carbocycles. The van der Waals surface area contributed by atoms with Crippen LogP contribution in [0.5, 0.6) is 5.75 Å². The minimum Gasteiger partial charge on any atom is -0.497 e. The van der Waals surface area contributed by atoms with Gasteiger partial charge in [-0.15, -0.1) is 0 Å². The number of rotatable bonds is 6. The summed E-state index contributed by atoms with van der Waals surface area (Å²) in [6.07, 6.45) is 6.11. The molecular weight excluding hydrogens is 306 g/mol. The van der Waals surface area contributed by atoms with Crippen molar-refractivity contribution in [1.82, 2.24) is 15.5 Å². The van der Waals surface area contributed by atoms with Crippen LogP contribution in [0.2, 0.25) is 0 Å². The monoisotopic (exact) mass is 329 g/mol. The van der Waals surface area contributed by atoms with Gasteiger partial charge in [0.15, 0.2) is 0 Å². The maximum atomic E-state index is 12.4. The lowest BCUT2D eigenvalue weighted by atomic mass is 10.1. The molecule has 1 fully saturated rings. The summed E-state index contributed by atoms with van der Waals surface area (Å²) < 4.78 is 10.8. The first kappa shape index (κ1) is 16.5. The molecule has 0 bridgehead atoms. The average molecular weight is 329 g/mol. The second-order valence-corrected chi connectivity index (χ2v) is 5.92. The van der Waals surface area contributed by atoms with Crippen molar-refractivity contribution in [3.8, 4) is 17.0 Å². The van der Waals surface area contributed by atoms with Gasteiger partial charge in [-0.3, -0.25) is 9.89 Å². The summed E-state index contributed by atoms with van der Waals surface area (Å²) in [6, 6.07) is 7.52. The van der Waals surface area contributed by atoms with E-state index in [0.29, 0.717) is 17.8 Å². The molecule has 6 heteroatoms. The van der Waals surface area contributed by atoms with E-state index in [0.717, 1.165) is 37.2 Å².